The molecule has 2 nitrogen and oxygen atoms in total. The van der Waals surface area contributed by atoms with E-state index in [0.29, 0.717) is 17.8 Å². The Hall–Kier alpha value is -1.61. The molecule has 1 aliphatic carbocycles. The Kier molecular flexibility index (Phi) is 7.65. The van der Waals surface area contributed by atoms with E-state index < -0.39 is 0 Å². The lowest BCUT2D eigenvalue weighted by Crippen LogP contribution is -2.37. The van der Waals surface area contributed by atoms with Gasteiger partial charge in [-0.05, 0) is 66.8 Å². The molecule has 0 bridgehead atoms. The van der Waals surface area contributed by atoms with E-state index in [1.807, 2.05) is 12.1 Å². The number of allylic oxidation sites excluding steroid dienone is 1. The molecule has 0 radical (unpaired) electrons. The molecule has 0 N–H and O–H groups in total. The maximum Gasteiger partial charge on any atom is 0.160 e. The van der Waals surface area contributed by atoms with Gasteiger partial charge >= 0.3 is 0 Å². The summed E-state index contributed by atoms with van der Waals surface area (Å²) in [7, 11) is 0. The minimum absolute atomic E-state index is 0.00550. The zero-order chi connectivity index (χ0) is 20.8. The number of unbranched alkanes of at least 4 members (excludes halogenated alkanes) is 1. The van der Waals surface area contributed by atoms with Gasteiger partial charge in [0, 0.05) is 16.9 Å². The highest BCUT2D eigenvalue weighted by atomic mass is 35.5. The molecule has 0 atom stereocenters. The number of rotatable bonds is 6. The van der Waals surface area contributed by atoms with Gasteiger partial charge < -0.3 is 9.47 Å². The second kappa shape index (κ2) is 10.6. The van der Waals surface area contributed by atoms with E-state index in [0.717, 1.165) is 24.7 Å². The van der Waals surface area contributed by atoms with E-state index >= 15 is 0 Å². The van der Waals surface area contributed by atoms with Gasteiger partial charge in [0.25, 0.3) is 0 Å². The molecular formula is C27H33ClO2. The molecule has 0 unspecified atom stereocenters. The molecule has 2 aromatic rings. The molecular weight excluding hydrogens is 392 g/mol. The number of benzene rings is 2. The lowest BCUT2D eigenvalue weighted by Gasteiger charge is -2.37. The van der Waals surface area contributed by atoms with Gasteiger partial charge in [-0.15, -0.1) is 0 Å². The van der Waals surface area contributed by atoms with Crippen LogP contribution in [0.1, 0.15) is 56.9 Å². The first-order valence-electron chi connectivity index (χ1n) is 11.5. The van der Waals surface area contributed by atoms with Crippen LogP contribution >= 0.6 is 11.6 Å². The molecule has 3 heteroatoms. The summed E-state index contributed by atoms with van der Waals surface area (Å²) in [5.41, 5.74) is 3.91. The smallest absolute Gasteiger partial charge is 0.160 e. The van der Waals surface area contributed by atoms with E-state index in [-0.39, 0.29) is 6.29 Å². The molecule has 0 aromatic heterocycles. The van der Waals surface area contributed by atoms with Crippen LogP contribution in [0.3, 0.4) is 0 Å². The summed E-state index contributed by atoms with van der Waals surface area (Å²) in [4.78, 5) is 0. The van der Waals surface area contributed by atoms with E-state index in [2.05, 4.69) is 55.5 Å². The van der Waals surface area contributed by atoms with Crippen molar-refractivity contribution in [2.45, 2.75) is 57.7 Å². The SMILES string of the molecule is CCCC=CC1COC(C2CCC(c3ccc(-c4ccc(Cl)cc4)cc3)CC2)OC1. The number of hydrogen-bond acceptors (Lipinski definition) is 2. The Labute approximate surface area is 186 Å². The minimum Gasteiger partial charge on any atom is -0.352 e. The van der Waals surface area contributed by atoms with Crippen molar-refractivity contribution in [2.75, 3.05) is 13.2 Å². The third-order valence-electron chi connectivity index (χ3n) is 6.53. The van der Waals surface area contributed by atoms with Gasteiger partial charge in [-0.3, -0.25) is 0 Å². The fraction of sp³-hybridized carbons (Fsp3) is 0.481. The van der Waals surface area contributed by atoms with Gasteiger partial charge in [0.15, 0.2) is 6.29 Å². The normalized spacial score (nSPS) is 27.4. The zero-order valence-corrected chi connectivity index (χ0v) is 18.7. The van der Waals surface area contributed by atoms with Crippen LogP contribution in [0.15, 0.2) is 60.7 Å². The van der Waals surface area contributed by atoms with Gasteiger partial charge in [-0.25, -0.2) is 0 Å². The first kappa shape index (κ1) is 21.6. The highest BCUT2D eigenvalue weighted by Gasteiger charge is 2.32. The molecule has 1 saturated carbocycles. The predicted molar refractivity (Wildman–Crippen MR) is 125 cm³/mol. The second-order valence-electron chi connectivity index (χ2n) is 8.75. The Morgan fingerprint density at radius 1 is 0.867 bits per heavy atom. The van der Waals surface area contributed by atoms with Gasteiger partial charge in [0.1, 0.15) is 0 Å². The summed E-state index contributed by atoms with van der Waals surface area (Å²) in [6, 6.07) is 17.1. The van der Waals surface area contributed by atoms with Crippen molar-refractivity contribution in [3.8, 4) is 11.1 Å². The molecule has 2 fully saturated rings. The van der Waals surface area contributed by atoms with Crippen molar-refractivity contribution >= 4 is 11.6 Å². The first-order chi connectivity index (χ1) is 14.7. The molecule has 4 rings (SSSR count). The summed E-state index contributed by atoms with van der Waals surface area (Å²) in [6.07, 6.45) is 11.7. The number of ether oxygens (including phenoxy) is 2. The lowest BCUT2D eigenvalue weighted by atomic mass is 9.78. The van der Waals surface area contributed by atoms with Crippen LogP contribution in [-0.4, -0.2) is 19.5 Å². The average molecular weight is 425 g/mol. The Balaban J connectivity index is 1.26. The van der Waals surface area contributed by atoms with Crippen LogP contribution < -0.4 is 0 Å². The summed E-state index contributed by atoms with van der Waals surface area (Å²) < 4.78 is 12.2. The third kappa shape index (κ3) is 5.55. The van der Waals surface area contributed by atoms with Crippen LogP contribution in [0.2, 0.25) is 5.02 Å². The monoisotopic (exact) mass is 424 g/mol. The molecule has 1 aliphatic heterocycles. The van der Waals surface area contributed by atoms with Crippen molar-refractivity contribution in [3.63, 3.8) is 0 Å². The number of halogens is 1. The molecule has 1 saturated heterocycles. The quantitative estimate of drug-likeness (QED) is 0.444. The van der Waals surface area contributed by atoms with Gasteiger partial charge in [-0.1, -0.05) is 73.5 Å². The van der Waals surface area contributed by atoms with E-state index in [1.54, 1.807) is 0 Å². The first-order valence-corrected chi connectivity index (χ1v) is 11.9. The highest BCUT2D eigenvalue weighted by molar-refractivity contribution is 6.30. The Morgan fingerprint density at radius 3 is 2.07 bits per heavy atom. The fourth-order valence-electron chi connectivity index (χ4n) is 4.69. The van der Waals surface area contributed by atoms with Crippen molar-refractivity contribution in [3.05, 3.63) is 71.3 Å². The van der Waals surface area contributed by atoms with Gasteiger partial charge in [0.05, 0.1) is 13.2 Å². The fourth-order valence-corrected chi connectivity index (χ4v) is 4.81. The van der Waals surface area contributed by atoms with Gasteiger partial charge in [-0.2, -0.15) is 0 Å². The Bertz CT molecular complexity index is 796. The zero-order valence-electron chi connectivity index (χ0n) is 17.9. The van der Waals surface area contributed by atoms with Crippen LogP contribution in [0.25, 0.3) is 11.1 Å². The van der Waals surface area contributed by atoms with E-state index in [9.17, 15) is 0 Å². The van der Waals surface area contributed by atoms with E-state index in [1.165, 1.54) is 48.8 Å². The minimum atomic E-state index is -0.00550. The van der Waals surface area contributed by atoms with Crippen LogP contribution in [0.4, 0.5) is 0 Å². The summed E-state index contributed by atoms with van der Waals surface area (Å²) in [5.74, 6) is 1.60. The second-order valence-corrected chi connectivity index (χ2v) is 9.19. The molecule has 2 aromatic carbocycles. The lowest BCUT2D eigenvalue weighted by molar-refractivity contribution is -0.222. The van der Waals surface area contributed by atoms with Crippen LogP contribution in [-0.2, 0) is 9.47 Å². The summed E-state index contributed by atoms with van der Waals surface area (Å²) >= 11 is 6.01. The molecule has 30 heavy (non-hydrogen) atoms. The van der Waals surface area contributed by atoms with Crippen molar-refractivity contribution in [2.24, 2.45) is 11.8 Å². The average Bonchev–Trinajstić information content (AvgIpc) is 2.81. The van der Waals surface area contributed by atoms with Crippen LogP contribution in [0.5, 0.6) is 0 Å². The van der Waals surface area contributed by atoms with Gasteiger partial charge in [0.2, 0.25) is 0 Å². The number of hydrogen-bond donors (Lipinski definition) is 0. The molecule has 0 spiro atoms. The molecule has 0 amide bonds. The van der Waals surface area contributed by atoms with Crippen LogP contribution in [0, 0.1) is 11.8 Å². The summed E-state index contributed by atoms with van der Waals surface area (Å²) in [6.45, 7) is 3.81. The van der Waals surface area contributed by atoms with Crippen molar-refractivity contribution in [1.82, 2.24) is 0 Å². The molecule has 160 valence electrons. The van der Waals surface area contributed by atoms with Crippen molar-refractivity contribution in [1.29, 1.82) is 0 Å². The third-order valence-corrected chi connectivity index (χ3v) is 6.78. The summed E-state index contributed by atoms with van der Waals surface area (Å²) in [5, 5.41) is 0.779. The maximum atomic E-state index is 6.09. The molecule has 2 aliphatic rings. The van der Waals surface area contributed by atoms with Crippen molar-refractivity contribution < 1.29 is 9.47 Å². The maximum absolute atomic E-state index is 6.09. The standard InChI is InChI=1S/C27H33ClO2/c1-2-3-4-5-20-18-29-27(30-19-20)25-12-10-23(11-13-25)21-6-8-22(9-7-21)24-14-16-26(28)17-15-24/h4-9,14-17,20,23,25,27H,2-3,10-13,18-19H2,1H3. The molecule has 1 heterocycles. The predicted octanol–water partition coefficient (Wildman–Crippen LogP) is 7.63. The Morgan fingerprint density at radius 2 is 1.47 bits per heavy atom. The largest absolute Gasteiger partial charge is 0.352 e. The topological polar surface area (TPSA) is 18.5 Å². The highest BCUT2D eigenvalue weighted by Crippen LogP contribution is 2.39. The van der Waals surface area contributed by atoms with E-state index in [4.69, 9.17) is 21.1 Å².